The number of hydrogen-bond acceptors (Lipinski definition) is 4. The number of aromatic amines is 1. The third kappa shape index (κ3) is 4.61. The van der Waals surface area contributed by atoms with Crippen LogP contribution in [0.3, 0.4) is 0 Å². The van der Waals surface area contributed by atoms with Crippen LogP contribution in [0.5, 0.6) is 5.75 Å². The predicted octanol–water partition coefficient (Wildman–Crippen LogP) is 5.27. The van der Waals surface area contributed by atoms with Crippen LogP contribution in [-0.4, -0.2) is 14.9 Å². The first-order chi connectivity index (χ1) is 13.0. The molecule has 0 bridgehead atoms. The van der Waals surface area contributed by atoms with Crippen LogP contribution in [0.25, 0.3) is 0 Å². The number of ether oxygens (including phenoxy) is 1. The van der Waals surface area contributed by atoms with Crippen molar-refractivity contribution in [2.24, 2.45) is 0 Å². The molecule has 0 aliphatic carbocycles. The second kappa shape index (κ2) is 8.73. The third-order valence-electron chi connectivity index (χ3n) is 3.94. The Hall–Kier alpha value is -2.09. The quantitative estimate of drug-likeness (QED) is 0.505. The zero-order valence-corrected chi connectivity index (χ0v) is 16.8. The Kier molecular flexibility index (Phi) is 6.36. The van der Waals surface area contributed by atoms with E-state index in [0.717, 1.165) is 11.4 Å². The number of benzene rings is 2. The molecule has 2 aromatic carbocycles. The molecule has 1 aromatic heterocycles. The maximum absolute atomic E-state index is 14.0. The average Bonchev–Trinajstić information content (AvgIpc) is 3.00. The lowest BCUT2D eigenvalue weighted by Gasteiger charge is -2.15. The number of hydrogen-bond donors (Lipinski definition) is 2. The van der Waals surface area contributed by atoms with Gasteiger partial charge in [-0.1, -0.05) is 36.2 Å². The van der Waals surface area contributed by atoms with E-state index >= 15 is 0 Å². The smallest absolute Gasteiger partial charge is 0.214 e. The first-order valence-electron chi connectivity index (χ1n) is 8.24. The largest absolute Gasteiger partial charge is 0.488 e. The van der Waals surface area contributed by atoms with Gasteiger partial charge in [-0.05, 0) is 42.5 Å². The SMILES string of the molecule is CCc1n[nH]c(=S)n1NCc1cc(Cl)ccc1OCc1c(F)cccc1Cl. The first kappa shape index (κ1) is 19.7. The summed E-state index contributed by atoms with van der Waals surface area (Å²) in [6, 6.07) is 9.76. The van der Waals surface area contributed by atoms with Gasteiger partial charge in [0.2, 0.25) is 4.77 Å². The fourth-order valence-corrected chi connectivity index (χ4v) is 3.17. The molecule has 0 aliphatic heterocycles. The maximum atomic E-state index is 14.0. The van der Waals surface area contributed by atoms with Crippen LogP contribution in [0.1, 0.15) is 23.9 Å². The highest BCUT2D eigenvalue weighted by Crippen LogP contribution is 2.26. The first-order valence-corrected chi connectivity index (χ1v) is 9.40. The van der Waals surface area contributed by atoms with Gasteiger partial charge in [0, 0.05) is 22.6 Å². The van der Waals surface area contributed by atoms with Crippen molar-refractivity contribution in [3.63, 3.8) is 0 Å². The summed E-state index contributed by atoms with van der Waals surface area (Å²) < 4.78 is 21.9. The number of aryl methyl sites for hydroxylation is 1. The van der Waals surface area contributed by atoms with E-state index < -0.39 is 5.82 Å². The van der Waals surface area contributed by atoms with E-state index in [1.807, 2.05) is 6.92 Å². The molecule has 0 saturated heterocycles. The number of aromatic nitrogens is 3. The van der Waals surface area contributed by atoms with Gasteiger partial charge < -0.3 is 10.2 Å². The summed E-state index contributed by atoms with van der Waals surface area (Å²) in [7, 11) is 0. The fourth-order valence-electron chi connectivity index (χ4n) is 2.54. The normalized spacial score (nSPS) is 10.8. The minimum Gasteiger partial charge on any atom is -0.488 e. The molecular formula is C18H17Cl2FN4OS. The van der Waals surface area contributed by atoms with E-state index in [4.69, 9.17) is 40.2 Å². The summed E-state index contributed by atoms with van der Waals surface area (Å²) in [6.45, 7) is 2.38. The highest BCUT2D eigenvalue weighted by atomic mass is 35.5. The second-order valence-corrected chi connectivity index (χ2v) is 6.94. The molecule has 0 saturated carbocycles. The van der Waals surface area contributed by atoms with E-state index in [0.29, 0.717) is 39.1 Å². The molecule has 9 heteroatoms. The highest BCUT2D eigenvalue weighted by molar-refractivity contribution is 7.71. The van der Waals surface area contributed by atoms with Gasteiger partial charge in [-0.25, -0.2) is 9.07 Å². The molecule has 0 aliphatic rings. The molecule has 0 fully saturated rings. The molecule has 0 spiro atoms. The van der Waals surface area contributed by atoms with Gasteiger partial charge in [0.15, 0.2) is 5.82 Å². The Balaban J connectivity index is 1.79. The summed E-state index contributed by atoms with van der Waals surface area (Å²) >= 11 is 17.4. The molecule has 1 heterocycles. The molecular weight excluding hydrogens is 410 g/mol. The van der Waals surface area contributed by atoms with Crippen molar-refractivity contribution in [1.29, 1.82) is 0 Å². The Morgan fingerprint density at radius 2 is 2.11 bits per heavy atom. The second-order valence-electron chi connectivity index (χ2n) is 5.71. The molecule has 2 N–H and O–H groups in total. The molecule has 142 valence electrons. The number of nitrogens with one attached hydrogen (secondary N) is 2. The van der Waals surface area contributed by atoms with Crippen molar-refractivity contribution in [1.82, 2.24) is 14.9 Å². The van der Waals surface area contributed by atoms with Gasteiger partial charge in [-0.3, -0.25) is 5.10 Å². The van der Waals surface area contributed by atoms with Crippen LogP contribution >= 0.6 is 35.4 Å². The molecule has 0 unspecified atom stereocenters. The zero-order valence-electron chi connectivity index (χ0n) is 14.4. The molecule has 0 amide bonds. The van der Waals surface area contributed by atoms with E-state index in [1.54, 1.807) is 35.0 Å². The predicted molar refractivity (Wildman–Crippen MR) is 107 cm³/mol. The lowest BCUT2D eigenvalue weighted by Crippen LogP contribution is -2.18. The lowest BCUT2D eigenvalue weighted by molar-refractivity contribution is 0.297. The number of rotatable bonds is 7. The van der Waals surface area contributed by atoms with E-state index in [-0.39, 0.29) is 6.61 Å². The summed E-state index contributed by atoms with van der Waals surface area (Å²) in [6.07, 6.45) is 0.713. The minimum absolute atomic E-state index is 0.00545. The van der Waals surface area contributed by atoms with Crippen molar-refractivity contribution in [3.8, 4) is 5.75 Å². The van der Waals surface area contributed by atoms with E-state index in [2.05, 4.69) is 15.6 Å². The van der Waals surface area contributed by atoms with Gasteiger partial charge >= 0.3 is 0 Å². The highest BCUT2D eigenvalue weighted by Gasteiger charge is 2.11. The summed E-state index contributed by atoms with van der Waals surface area (Å²) in [5.41, 5.74) is 4.29. The minimum atomic E-state index is -0.409. The summed E-state index contributed by atoms with van der Waals surface area (Å²) in [5.74, 6) is 0.940. The van der Waals surface area contributed by atoms with Crippen molar-refractivity contribution >= 4 is 35.4 Å². The zero-order chi connectivity index (χ0) is 19.4. The molecule has 0 radical (unpaired) electrons. The average molecular weight is 427 g/mol. The van der Waals surface area contributed by atoms with Crippen molar-refractivity contribution in [2.45, 2.75) is 26.5 Å². The Bertz CT molecular complexity index is 985. The van der Waals surface area contributed by atoms with Crippen LogP contribution < -0.4 is 10.2 Å². The van der Waals surface area contributed by atoms with Gasteiger partial charge in [-0.15, -0.1) is 0 Å². The van der Waals surface area contributed by atoms with Crippen LogP contribution in [-0.2, 0) is 19.6 Å². The van der Waals surface area contributed by atoms with Crippen molar-refractivity contribution in [3.05, 3.63) is 74.0 Å². The Morgan fingerprint density at radius 1 is 1.30 bits per heavy atom. The molecule has 5 nitrogen and oxygen atoms in total. The van der Waals surface area contributed by atoms with Crippen LogP contribution in [0, 0.1) is 10.6 Å². The van der Waals surface area contributed by atoms with Crippen LogP contribution in [0.15, 0.2) is 36.4 Å². The Labute approximate surface area is 171 Å². The monoisotopic (exact) mass is 426 g/mol. The van der Waals surface area contributed by atoms with E-state index in [9.17, 15) is 4.39 Å². The van der Waals surface area contributed by atoms with Gasteiger partial charge in [0.25, 0.3) is 0 Å². The standard InChI is InChI=1S/C18H17Cl2FN4OS/c1-2-17-23-24-18(27)25(17)22-9-11-8-12(19)6-7-16(11)26-10-13-14(20)4-3-5-15(13)21/h3-8,22H,2,9-10H2,1H3,(H,24,27). The van der Waals surface area contributed by atoms with Crippen LogP contribution in [0.4, 0.5) is 4.39 Å². The molecule has 27 heavy (non-hydrogen) atoms. The third-order valence-corrected chi connectivity index (χ3v) is 4.80. The van der Waals surface area contributed by atoms with Gasteiger partial charge in [-0.2, -0.15) is 5.10 Å². The maximum Gasteiger partial charge on any atom is 0.214 e. The van der Waals surface area contributed by atoms with Gasteiger partial charge in [0.05, 0.1) is 11.6 Å². The van der Waals surface area contributed by atoms with Gasteiger partial charge in [0.1, 0.15) is 18.2 Å². The Morgan fingerprint density at radius 3 is 2.85 bits per heavy atom. The summed E-state index contributed by atoms with van der Waals surface area (Å²) in [4.78, 5) is 0. The molecule has 3 aromatic rings. The fraction of sp³-hybridized carbons (Fsp3) is 0.222. The summed E-state index contributed by atoms with van der Waals surface area (Å²) in [5, 5.41) is 7.79. The van der Waals surface area contributed by atoms with E-state index in [1.165, 1.54) is 6.07 Å². The topological polar surface area (TPSA) is 54.9 Å². The van der Waals surface area contributed by atoms with Crippen molar-refractivity contribution in [2.75, 3.05) is 5.43 Å². The number of H-pyrrole nitrogens is 1. The van der Waals surface area contributed by atoms with Crippen molar-refractivity contribution < 1.29 is 9.13 Å². The number of halogens is 3. The van der Waals surface area contributed by atoms with Crippen LogP contribution in [0.2, 0.25) is 10.0 Å². The number of nitrogens with zero attached hydrogens (tertiary/aromatic N) is 2. The lowest BCUT2D eigenvalue weighted by atomic mass is 10.2. The molecule has 0 atom stereocenters. The molecule has 3 rings (SSSR count).